The predicted octanol–water partition coefficient (Wildman–Crippen LogP) is 2.58. The van der Waals surface area contributed by atoms with Gasteiger partial charge in [-0.15, -0.1) is 11.3 Å². The normalized spacial score (nSPS) is 17.6. The summed E-state index contributed by atoms with van der Waals surface area (Å²) >= 11 is 1.67. The molecule has 120 valence electrons. The minimum Gasteiger partial charge on any atom is -0.339 e. The topological polar surface area (TPSA) is 73.8 Å². The molecule has 6 nitrogen and oxygen atoms in total. The van der Waals surface area contributed by atoms with Crippen molar-refractivity contribution in [3.05, 3.63) is 38.8 Å². The molecule has 1 aliphatic carbocycles. The lowest BCUT2D eigenvalue weighted by Gasteiger charge is -2.17. The van der Waals surface area contributed by atoms with Crippen LogP contribution in [-0.2, 0) is 25.8 Å². The molecule has 0 spiro atoms. The summed E-state index contributed by atoms with van der Waals surface area (Å²) in [5.41, 5.74) is 1.21. The van der Waals surface area contributed by atoms with Gasteiger partial charge in [0.25, 0.3) is 5.56 Å². The van der Waals surface area contributed by atoms with Gasteiger partial charge in [0.15, 0.2) is 5.82 Å². The van der Waals surface area contributed by atoms with E-state index in [-0.39, 0.29) is 5.56 Å². The smallest absolute Gasteiger partial charge is 0.262 e. The van der Waals surface area contributed by atoms with E-state index in [1.807, 2.05) is 6.92 Å². The van der Waals surface area contributed by atoms with Gasteiger partial charge in [-0.1, -0.05) is 19.0 Å². The van der Waals surface area contributed by atoms with E-state index in [2.05, 4.69) is 22.0 Å². The molecular formula is C16H18N4O2S. The predicted molar refractivity (Wildman–Crippen MR) is 87.8 cm³/mol. The van der Waals surface area contributed by atoms with Gasteiger partial charge in [0.1, 0.15) is 4.83 Å². The van der Waals surface area contributed by atoms with Gasteiger partial charge in [0.05, 0.1) is 18.3 Å². The SMILES string of the molecule is CCc1nc(Cn2cnc3sc4c(c3c2=O)CCC(C)C4)no1. The molecule has 0 amide bonds. The van der Waals surface area contributed by atoms with Crippen molar-refractivity contribution in [3.63, 3.8) is 0 Å². The van der Waals surface area contributed by atoms with Gasteiger partial charge in [-0.2, -0.15) is 4.98 Å². The Morgan fingerprint density at radius 3 is 3.13 bits per heavy atom. The third-order valence-electron chi connectivity index (χ3n) is 4.41. The minimum atomic E-state index is 0.00454. The van der Waals surface area contributed by atoms with Crippen molar-refractivity contribution in [1.82, 2.24) is 19.7 Å². The van der Waals surface area contributed by atoms with Crippen LogP contribution < -0.4 is 5.56 Å². The monoisotopic (exact) mass is 330 g/mol. The summed E-state index contributed by atoms with van der Waals surface area (Å²) in [6, 6.07) is 0. The lowest BCUT2D eigenvalue weighted by molar-refractivity contribution is 0.375. The second-order valence-electron chi connectivity index (χ2n) is 6.17. The van der Waals surface area contributed by atoms with E-state index in [1.54, 1.807) is 22.2 Å². The first kappa shape index (κ1) is 14.6. The summed E-state index contributed by atoms with van der Waals surface area (Å²) in [6.45, 7) is 4.52. The largest absolute Gasteiger partial charge is 0.339 e. The Morgan fingerprint density at radius 1 is 1.48 bits per heavy atom. The van der Waals surface area contributed by atoms with Crippen molar-refractivity contribution >= 4 is 21.6 Å². The molecule has 0 saturated heterocycles. The average Bonchev–Trinajstić information content (AvgIpc) is 3.13. The highest BCUT2D eigenvalue weighted by Gasteiger charge is 2.23. The third-order valence-corrected chi connectivity index (χ3v) is 5.57. The molecule has 3 aromatic heterocycles. The van der Waals surface area contributed by atoms with Gasteiger partial charge < -0.3 is 4.52 Å². The van der Waals surface area contributed by atoms with E-state index in [4.69, 9.17) is 4.52 Å². The van der Waals surface area contributed by atoms with E-state index < -0.39 is 0 Å². The van der Waals surface area contributed by atoms with Crippen molar-refractivity contribution in [1.29, 1.82) is 0 Å². The average molecular weight is 330 g/mol. The molecular weight excluding hydrogens is 312 g/mol. The maximum atomic E-state index is 12.9. The maximum absolute atomic E-state index is 12.9. The molecule has 0 aromatic carbocycles. The zero-order chi connectivity index (χ0) is 16.0. The van der Waals surface area contributed by atoms with Crippen molar-refractivity contribution < 1.29 is 4.52 Å². The van der Waals surface area contributed by atoms with Crippen molar-refractivity contribution in [3.8, 4) is 0 Å². The maximum Gasteiger partial charge on any atom is 0.262 e. The number of fused-ring (bicyclic) bond motifs is 3. The third kappa shape index (κ3) is 2.49. The summed E-state index contributed by atoms with van der Waals surface area (Å²) < 4.78 is 6.69. The Morgan fingerprint density at radius 2 is 2.35 bits per heavy atom. The van der Waals surface area contributed by atoms with E-state index in [9.17, 15) is 4.79 Å². The van der Waals surface area contributed by atoms with E-state index in [0.717, 1.165) is 29.5 Å². The van der Waals surface area contributed by atoms with Crippen LogP contribution >= 0.6 is 11.3 Å². The molecule has 0 bridgehead atoms. The quantitative estimate of drug-likeness (QED) is 0.738. The summed E-state index contributed by atoms with van der Waals surface area (Å²) in [6.07, 6.45) is 5.45. The van der Waals surface area contributed by atoms with Crippen LogP contribution in [0.2, 0.25) is 0 Å². The van der Waals surface area contributed by atoms with Crippen LogP contribution in [0.15, 0.2) is 15.6 Å². The first-order valence-electron chi connectivity index (χ1n) is 7.96. The highest BCUT2D eigenvalue weighted by molar-refractivity contribution is 7.18. The molecule has 0 fully saturated rings. The fraction of sp³-hybridized carbons (Fsp3) is 0.500. The first-order valence-corrected chi connectivity index (χ1v) is 8.78. The molecule has 4 rings (SSSR count). The molecule has 0 N–H and O–H groups in total. The number of hydrogen-bond acceptors (Lipinski definition) is 6. The van der Waals surface area contributed by atoms with E-state index >= 15 is 0 Å². The highest BCUT2D eigenvalue weighted by Crippen LogP contribution is 2.35. The number of aryl methyl sites for hydroxylation is 2. The second-order valence-corrected chi connectivity index (χ2v) is 7.25. The summed E-state index contributed by atoms with van der Waals surface area (Å²) in [5, 5.41) is 4.71. The molecule has 3 aromatic rings. The number of hydrogen-bond donors (Lipinski definition) is 0. The highest BCUT2D eigenvalue weighted by atomic mass is 32.1. The molecule has 7 heteroatoms. The van der Waals surface area contributed by atoms with Gasteiger partial charge in [-0.25, -0.2) is 4.98 Å². The van der Waals surface area contributed by atoms with Crippen molar-refractivity contribution in [2.75, 3.05) is 0 Å². The fourth-order valence-corrected chi connectivity index (χ4v) is 4.47. The second kappa shape index (κ2) is 5.56. The Balaban J connectivity index is 1.77. The zero-order valence-electron chi connectivity index (χ0n) is 13.2. The molecule has 1 aliphatic rings. The molecule has 0 radical (unpaired) electrons. The van der Waals surface area contributed by atoms with Crippen molar-refractivity contribution in [2.45, 2.75) is 46.1 Å². The molecule has 0 aliphatic heterocycles. The summed E-state index contributed by atoms with van der Waals surface area (Å²) in [7, 11) is 0. The van der Waals surface area contributed by atoms with E-state index in [0.29, 0.717) is 30.6 Å². The molecule has 3 heterocycles. The number of rotatable bonds is 3. The number of aromatic nitrogens is 4. The first-order chi connectivity index (χ1) is 11.2. The van der Waals surface area contributed by atoms with Gasteiger partial charge in [0.2, 0.25) is 5.89 Å². The van der Waals surface area contributed by atoms with Crippen LogP contribution in [0.5, 0.6) is 0 Å². The van der Waals surface area contributed by atoms with Gasteiger partial charge in [-0.3, -0.25) is 9.36 Å². The molecule has 1 atom stereocenters. The fourth-order valence-electron chi connectivity index (χ4n) is 3.13. The molecule has 1 unspecified atom stereocenters. The number of nitrogens with zero attached hydrogens (tertiary/aromatic N) is 4. The lowest BCUT2D eigenvalue weighted by Crippen LogP contribution is -2.22. The van der Waals surface area contributed by atoms with Gasteiger partial charge in [-0.05, 0) is 30.7 Å². The zero-order valence-corrected chi connectivity index (χ0v) is 14.0. The summed E-state index contributed by atoms with van der Waals surface area (Å²) in [4.78, 5) is 23.8. The minimum absolute atomic E-state index is 0.00454. The molecule has 0 saturated carbocycles. The molecule has 23 heavy (non-hydrogen) atoms. The van der Waals surface area contributed by atoms with Gasteiger partial charge in [0, 0.05) is 11.3 Å². The van der Waals surface area contributed by atoms with Crippen LogP contribution in [0.25, 0.3) is 10.2 Å². The van der Waals surface area contributed by atoms with Crippen LogP contribution in [0.3, 0.4) is 0 Å². The van der Waals surface area contributed by atoms with Crippen LogP contribution in [0.1, 0.15) is 42.4 Å². The van der Waals surface area contributed by atoms with Gasteiger partial charge >= 0.3 is 0 Å². The standard InChI is InChI=1S/C16H18N4O2S/c1-3-13-18-12(19-22-13)7-20-8-17-15-14(16(20)21)10-5-4-9(2)6-11(10)23-15/h8-9H,3-7H2,1-2H3. The Hall–Kier alpha value is -2.02. The number of thiophene rings is 1. The van der Waals surface area contributed by atoms with E-state index in [1.165, 1.54) is 10.4 Å². The Kier molecular flexibility index (Phi) is 3.52. The van der Waals surface area contributed by atoms with Crippen molar-refractivity contribution in [2.24, 2.45) is 5.92 Å². The lowest BCUT2D eigenvalue weighted by atomic mass is 9.89. The Labute approximate surface area is 137 Å². The Bertz CT molecular complexity index is 924. The van der Waals surface area contributed by atoms with Crippen LogP contribution in [-0.4, -0.2) is 19.7 Å². The summed E-state index contributed by atoms with van der Waals surface area (Å²) in [5.74, 6) is 1.79. The van der Waals surface area contributed by atoms with Crippen LogP contribution in [0, 0.1) is 5.92 Å². The van der Waals surface area contributed by atoms with Crippen LogP contribution in [0.4, 0.5) is 0 Å².